The van der Waals surface area contributed by atoms with Gasteiger partial charge in [-0.25, -0.2) is 4.98 Å². The molecule has 0 unspecified atom stereocenters. The molecule has 10 nitrogen and oxygen atoms in total. The molecule has 27 heavy (non-hydrogen) atoms. The van der Waals surface area contributed by atoms with Gasteiger partial charge in [-0.3, -0.25) is 10.1 Å². The molecule has 2 aromatic rings. The van der Waals surface area contributed by atoms with E-state index in [4.69, 9.17) is 11.5 Å². The lowest BCUT2D eigenvalue weighted by atomic mass is 9.83. The molecule has 10 heteroatoms. The fraction of sp³-hybridized carbons (Fsp3) is 0.471. The van der Waals surface area contributed by atoms with E-state index in [0.29, 0.717) is 17.8 Å². The zero-order chi connectivity index (χ0) is 19.4. The first kappa shape index (κ1) is 18.8. The fourth-order valence-electron chi connectivity index (χ4n) is 3.38. The molecule has 0 radical (unpaired) electrons. The fourth-order valence-corrected chi connectivity index (χ4v) is 3.38. The van der Waals surface area contributed by atoms with E-state index in [0.717, 1.165) is 30.4 Å². The normalized spacial score (nSPS) is 19.6. The number of nitrogen functional groups attached to an aromatic ring is 1. The van der Waals surface area contributed by atoms with E-state index in [9.17, 15) is 15.3 Å². The molecule has 1 aliphatic rings. The lowest BCUT2D eigenvalue weighted by Gasteiger charge is -2.25. The van der Waals surface area contributed by atoms with Gasteiger partial charge in [0.25, 0.3) is 0 Å². The molecule has 3 rings (SSSR count). The molecule has 2 aromatic heterocycles. The highest BCUT2D eigenvalue weighted by Crippen LogP contribution is 2.31. The van der Waals surface area contributed by atoms with Crippen LogP contribution in [0.1, 0.15) is 37.1 Å². The highest BCUT2D eigenvalue weighted by molar-refractivity contribution is 5.58. The van der Waals surface area contributed by atoms with Crippen molar-refractivity contribution in [3.05, 3.63) is 51.1 Å². The molecule has 5 N–H and O–H groups in total. The monoisotopic (exact) mass is 373 g/mol. The molecule has 1 fully saturated rings. The van der Waals surface area contributed by atoms with Crippen LogP contribution < -0.4 is 21.5 Å². The number of nitro groups is 1. The molecule has 1 saturated carbocycles. The summed E-state index contributed by atoms with van der Waals surface area (Å²) >= 11 is 0. The van der Waals surface area contributed by atoms with Crippen LogP contribution in [0, 0.1) is 21.2 Å². The van der Waals surface area contributed by atoms with Gasteiger partial charge in [0.1, 0.15) is 12.2 Å². The summed E-state index contributed by atoms with van der Waals surface area (Å²) in [4.78, 5) is 19.2. The van der Waals surface area contributed by atoms with Gasteiger partial charge in [-0.2, -0.15) is 9.71 Å². The molecule has 0 aromatic carbocycles. The second-order valence-electron chi connectivity index (χ2n) is 6.84. The van der Waals surface area contributed by atoms with Crippen molar-refractivity contribution in [1.29, 1.82) is 0 Å². The van der Waals surface area contributed by atoms with Gasteiger partial charge in [0.05, 0.1) is 4.92 Å². The highest BCUT2D eigenvalue weighted by atomic mass is 16.6. The number of nitrogens with one attached hydrogen (secondary N) is 1. The van der Waals surface area contributed by atoms with E-state index < -0.39 is 4.92 Å². The summed E-state index contributed by atoms with van der Waals surface area (Å²) in [5.41, 5.74) is 12.3. The molecule has 0 atom stereocenters. The predicted octanol–water partition coefficient (Wildman–Crippen LogP) is 1.27. The maximum atomic E-state index is 11.7. The molecule has 0 amide bonds. The molecule has 0 saturated heterocycles. The Morgan fingerprint density at radius 2 is 2.00 bits per heavy atom. The summed E-state index contributed by atoms with van der Waals surface area (Å²) in [5.74, 6) is 0.274. The Labute approximate surface area is 156 Å². The third-order valence-corrected chi connectivity index (χ3v) is 4.87. The van der Waals surface area contributed by atoms with Gasteiger partial charge < -0.3 is 22.0 Å². The van der Waals surface area contributed by atoms with Crippen LogP contribution in [0.5, 0.6) is 0 Å². The van der Waals surface area contributed by atoms with Crippen LogP contribution in [0.25, 0.3) is 0 Å². The summed E-state index contributed by atoms with van der Waals surface area (Å²) in [6, 6.07) is 5.25. The molecular weight excluding hydrogens is 350 g/mol. The molecular formula is C17H23N7O3. The Kier molecular flexibility index (Phi) is 5.65. The number of pyridine rings is 1. The summed E-state index contributed by atoms with van der Waals surface area (Å²) in [7, 11) is 0. The number of aromatic nitrogens is 3. The second kappa shape index (κ2) is 8.12. The minimum absolute atomic E-state index is 0.171. The third kappa shape index (κ3) is 4.59. The summed E-state index contributed by atoms with van der Waals surface area (Å²) < 4.78 is 0.730. The summed E-state index contributed by atoms with van der Waals surface area (Å²) in [6.07, 6.45) is 5.47. The van der Waals surface area contributed by atoms with Gasteiger partial charge >= 0.3 is 5.69 Å². The SMILES string of the molecule is Nc1nc(NCc2cccc[n+]2[O-])nc(C[C@H]2CC[C@H](N)CC2)c1[N+](=O)[O-]. The van der Waals surface area contributed by atoms with Crippen LogP contribution in [-0.4, -0.2) is 20.9 Å². The van der Waals surface area contributed by atoms with Crippen molar-refractivity contribution in [2.75, 3.05) is 11.1 Å². The average molecular weight is 373 g/mol. The van der Waals surface area contributed by atoms with E-state index in [1.165, 1.54) is 6.20 Å². The highest BCUT2D eigenvalue weighted by Gasteiger charge is 2.27. The number of nitrogens with two attached hydrogens (primary N) is 2. The number of rotatable bonds is 6. The minimum atomic E-state index is -0.536. The number of hydrogen-bond acceptors (Lipinski definition) is 8. The quantitative estimate of drug-likeness (QED) is 0.295. The van der Waals surface area contributed by atoms with Crippen LogP contribution in [0.4, 0.5) is 17.5 Å². The van der Waals surface area contributed by atoms with Crippen molar-refractivity contribution in [3.8, 4) is 0 Å². The van der Waals surface area contributed by atoms with E-state index in [-0.39, 0.29) is 36.0 Å². The standard InChI is InChI=1S/C17H23N7O3/c18-12-6-4-11(5-7-12)9-14-15(24(26)27)16(19)22-17(21-14)20-10-13-3-1-2-8-23(13)25/h1-3,8,11-12H,4-7,9-10,18H2,(H3,19,20,21,22)/t11-,12-. The molecule has 0 bridgehead atoms. The Morgan fingerprint density at radius 1 is 1.26 bits per heavy atom. The van der Waals surface area contributed by atoms with Crippen molar-refractivity contribution in [1.82, 2.24) is 9.97 Å². The van der Waals surface area contributed by atoms with Crippen LogP contribution in [0.2, 0.25) is 0 Å². The first-order chi connectivity index (χ1) is 12.9. The van der Waals surface area contributed by atoms with E-state index >= 15 is 0 Å². The van der Waals surface area contributed by atoms with Gasteiger partial charge in [0, 0.05) is 18.2 Å². The van der Waals surface area contributed by atoms with Crippen LogP contribution >= 0.6 is 0 Å². The van der Waals surface area contributed by atoms with Crippen molar-refractivity contribution < 1.29 is 9.65 Å². The van der Waals surface area contributed by atoms with E-state index in [2.05, 4.69) is 15.3 Å². The molecule has 144 valence electrons. The van der Waals surface area contributed by atoms with Gasteiger partial charge in [-0.1, -0.05) is 0 Å². The van der Waals surface area contributed by atoms with Crippen LogP contribution in [0.15, 0.2) is 24.4 Å². The Bertz CT molecular complexity index is 822. The first-order valence-corrected chi connectivity index (χ1v) is 8.91. The van der Waals surface area contributed by atoms with Crippen molar-refractivity contribution >= 4 is 17.5 Å². The smallest absolute Gasteiger partial charge is 0.332 e. The second-order valence-corrected chi connectivity index (χ2v) is 6.84. The van der Waals surface area contributed by atoms with E-state index in [1.807, 2.05) is 0 Å². The van der Waals surface area contributed by atoms with Crippen LogP contribution in [0.3, 0.4) is 0 Å². The Morgan fingerprint density at radius 3 is 2.67 bits per heavy atom. The number of anilines is 2. The Balaban J connectivity index is 1.80. The van der Waals surface area contributed by atoms with Gasteiger partial charge in [-0.15, -0.1) is 0 Å². The lowest BCUT2D eigenvalue weighted by Crippen LogP contribution is -2.32. The first-order valence-electron chi connectivity index (χ1n) is 8.91. The maximum Gasteiger partial charge on any atom is 0.332 e. The predicted molar refractivity (Wildman–Crippen MR) is 99.5 cm³/mol. The Hall–Kier alpha value is -3.01. The third-order valence-electron chi connectivity index (χ3n) is 4.87. The van der Waals surface area contributed by atoms with Crippen LogP contribution in [-0.2, 0) is 13.0 Å². The molecule has 0 aliphatic heterocycles. The topological polar surface area (TPSA) is 160 Å². The lowest BCUT2D eigenvalue weighted by molar-refractivity contribution is -0.613. The number of nitrogens with zero attached hydrogens (tertiary/aromatic N) is 4. The zero-order valence-corrected chi connectivity index (χ0v) is 14.9. The van der Waals surface area contributed by atoms with Gasteiger partial charge in [0.15, 0.2) is 6.20 Å². The molecule has 2 heterocycles. The van der Waals surface area contributed by atoms with Crippen molar-refractivity contribution in [2.45, 2.75) is 44.7 Å². The largest absolute Gasteiger partial charge is 0.618 e. The maximum absolute atomic E-state index is 11.7. The summed E-state index contributed by atoms with van der Waals surface area (Å²) in [5, 5.41) is 26.1. The van der Waals surface area contributed by atoms with Gasteiger partial charge in [0.2, 0.25) is 17.5 Å². The van der Waals surface area contributed by atoms with Crippen molar-refractivity contribution in [2.24, 2.45) is 11.7 Å². The van der Waals surface area contributed by atoms with Crippen molar-refractivity contribution in [3.63, 3.8) is 0 Å². The zero-order valence-electron chi connectivity index (χ0n) is 14.9. The molecule has 0 spiro atoms. The minimum Gasteiger partial charge on any atom is -0.618 e. The number of hydrogen-bond donors (Lipinski definition) is 3. The van der Waals surface area contributed by atoms with E-state index in [1.54, 1.807) is 18.2 Å². The average Bonchev–Trinajstić information content (AvgIpc) is 2.62. The summed E-state index contributed by atoms with van der Waals surface area (Å²) in [6.45, 7) is 0.180. The molecule has 1 aliphatic carbocycles. The van der Waals surface area contributed by atoms with Gasteiger partial charge in [-0.05, 0) is 44.1 Å².